The molecule has 4 heterocycles. The average molecular weight is 729 g/mol. The molecule has 0 saturated carbocycles. The van der Waals surface area contributed by atoms with Crippen molar-refractivity contribution in [3.8, 4) is 32.1 Å². The molecule has 256 valence electrons. The molecule has 3 aromatic carbocycles. The topological polar surface area (TPSA) is 98.8 Å². The van der Waals surface area contributed by atoms with E-state index in [2.05, 4.69) is 97.7 Å². The Bertz CT molecular complexity index is 2270. The van der Waals surface area contributed by atoms with Crippen LogP contribution in [0.2, 0.25) is 0 Å². The summed E-state index contributed by atoms with van der Waals surface area (Å²) in [6, 6.07) is 33.1. The van der Waals surface area contributed by atoms with Gasteiger partial charge in [-0.1, -0.05) is 44.4 Å². The minimum atomic E-state index is -1.23. The van der Waals surface area contributed by atoms with Crippen LogP contribution in [-0.4, -0.2) is 28.4 Å². The summed E-state index contributed by atoms with van der Waals surface area (Å²) in [6.45, 7) is 5.05. The van der Waals surface area contributed by atoms with Crippen molar-refractivity contribution in [2.75, 3.05) is 11.6 Å². The highest BCUT2D eigenvalue weighted by atomic mass is 32.1. The van der Waals surface area contributed by atoms with Crippen LogP contribution in [0.1, 0.15) is 66.0 Å². The van der Waals surface area contributed by atoms with Gasteiger partial charge in [0.1, 0.15) is 22.4 Å². The number of ether oxygens (including phenoxy) is 1. The summed E-state index contributed by atoms with van der Waals surface area (Å²) in [5.74, 6) is -0.343. The molecule has 0 spiro atoms. The Morgan fingerprint density at radius 1 is 0.941 bits per heavy atom. The van der Waals surface area contributed by atoms with Crippen molar-refractivity contribution < 1.29 is 14.6 Å². The lowest BCUT2D eigenvalue weighted by molar-refractivity contribution is -0.132. The van der Waals surface area contributed by atoms with Crippen molar-refractivity contribution in [2.24, 2.45) is 5.10 Å². The van der Waals surface area contributed by atoms with Crippen molar-refractivity contribution in [1.82, 2.24) is 4.98 Å². The van der Waals surface area contributed by atoms with Crippen molar-refractivity contribution in [1.29, 1.82) is 5.26 Å². The summed E-state index contributed by atoms with van der Waals surface area (Å²) >= 11 is 4.84. The van der Waals surface area contributed by atoms with Crippen LogP contribution in [0.5, 0.6) is 5.75 Å². The Morgan fingerprint density at radius 2 is 1.71 bits per heavy atom. The van der Waals surface area contributed by atoms with E-state index in [-0.39, 0.29) is 11.6 Å². The highest BCUT2D eigenvalue weighted by Gasteiger charge is 2.31. The molecular weight excluding hydrogens is 693 g/mol. The number of carboxylic acid groups (broad SMARTS) is 1. The first-order chi connectivity index (χ1) is 24.9. The second-order valence-electron chi connectivity index (χ2n) is 12.5. The highest BCUT2D eigenvalue weighted by Crippen LogP contribution is 2.41. The van der Waals surface area contributed by atoms with E-state index in [0.29, 0.717) is 0 Å². The Kier molecular flexibility index (Phi) is 10.4. The van der Waals surface area contributed by atoms with Crippen LogP contribution in [0.4, 0.5) is 5.69 Å². The molecule has 0 aliphatic carbocycles. The molecule has 0 radical (unpaired) electrons. The third kappa shape index (κ3) is 7.81. The molecule has 0 fully saturated rings. The molecule has 7 rings (SSSR count). The van der Waals surface area contributed by atoms with E-state index in [0.717, 1.165) is 77.8 Å². The number of carbonyl (C=O) groups is 1. The summed E-state index contributed by atoms with van der Waals surface area (Å²) < 4.78 is 7.24. The maximum absolute atomic E-state index is 11.3. The van der Waals surface area contributed by atoms with Gasteiger partial charge in [-0.3, -0.25) is 5.01 Å². The lowest BCUT2D eigenvalue weighted by Gasteiger charge is -2.24. The molecule has 0 amide bonds. The van der Waals surface area contributed by atoms with Crippen molar-refractivity contribution in [2.45, 2.75) is 52.0 Å². The van der Waals surface area contributed by atoms with Gasteiger partial charge in [-0.2, -0.15) is 10.4 Å². The number of thiophene rings is 2. The fourth-order valence-electron chi connectivity index (χ4n) is 6.05. The van der Waals surface area contributed by atoms with Gasteiger partial charge in [0, 0.05) is 26.6 Å². The third-order valence-corrected chi connectivity index (χ3v) is 12.2. The third-order valence-electron chi connectivity index (χ3n) is 8.76. The van der Waals surface area contributed by atoms with Crippen LogP contribution < -0.4 is 9.75 Å². The van der Waals surface area contributed by atoms with Crippen molar-refractivity contribution >= 4 is 67.7 Å². The minimum absolute atomic E-state index is 0.000621. The van der Waals surface area contributed by atoms with Gasteiger partial charge < -0.3 is 9.84 Å². The molecule has 1 aliphatic rings. The van der Waals surface area contributed by atoms with Gasteiger partial charge in [0.25, 0.3) is 0 Å². The fraction of sp³-hybridized carbons (Fsp3) is 0.220. The number of benzene rings is 3. The van der Waals surface area contributed by atoms with Crippen LogP contribution in [0.3, 0.4) is 0 Å². The van der Waals surface area contributed by atoms with Gasteiger partial charge in [0.05, 0.1) is 39.1 Å². The number of aliphatic carboxylic acids is 1. The largest absolute Gasteiger partial charge is 0.494 e. The van der Waals surface area contributed by atoms with Crippen molar-refractivity contribution in [3.05, 3.63) is 117 Å². The zero-order valence-corrected chi connectivity index (χ0v) is 30.8. The Hall–Kier alpha value is -5.08. The monoisotopic (exact) mass is 728 g/mol. The van der Waals surface area contributed by atoms with Crippen LogP contribution in [0.25, 0.3) is 36.6 Å². The molecule has 1 unspecified atom stereocenters. The molecular formula is C41H36N4O3S3. The number of hydrazone groups is 1. The number of aromatic nitrogens is 1. The molecule has 1 N–H and O–H groups in total. The molecule has 7 nitrogen and oxygen atoms in total. The van der Waals surface area contributed by atoms with Gasteiger partial charge in [0.2, 0.25) is 0 Å². The van der Waals surface area contributed by atoms with Crippen LogP contribution >= 0.6 is 34.0 Å². The van der Waals surface area contributed by atoms with E-state index in [4.69, 9.17) is 14.8 Å². The second-order valence-corrected chi connectivity index (χ2v) is 15.7. The first-order valence-electron chi connectivity index (χ1n) is 17.0. The van der Waals surface area contributed by atoms with Crippen LogP contribution in [-0.2, 0) is 4.79 Å². The molecule has 0 saturated heterocycles. The van der Waals surface area contributed by atoms with E-state index >= 15 is 0 Å². The Balaban J connectivity index is 1.15. The highest BCUT2D eigenvalue weighted by molar-refractivity contribution is 7.23. The van der Waals surface area contributed by atoms with Crippen LogP contribution in [0, 0.1) is 18.3 Å². The molecule has 51 heavy (non-hydrogen) atoms. The molecule has 10 heteroatoms. The fourth-order valence-corrected chi connectivity index (χ4v) is 9.16. The number of aryl methyl sites for hydroxylation is 1. The van der Waals surface area contributed by atoms with E-state index in [9.17, 15) is 15.2 Å². The number of rotatable bonds is 13. The molecule has 1 aliphatic heterocycles. The van der Waals surface area contributed by atoms with E-state index in [1.807, 2.05) is 12.1 Å². The van der Waals surface area contributed by atoms with E-state index in [1.165, 1.54) is 46.9 Å². The Labute approximate surface area is 309 Å². The normalized spacial score (nSPS) is 14.5. The van der Waals surface area contributed by atoms with Crippen LogP contribution in [0.15, 0.2) is 102 Å². The zero-order chi connectivity index (χ0) is 35.3. The molecule has 3 aromatic heterocycles. The van der Waals surface area contributed by atoms with Gasteiger partial charge in [0.15, 0.2) is 0 Å². The molecule has 6 aromatic rings. The van der Waals surface area contributed by atoms with Gasteiger partial charge in [-0.05, 0) is 103 Å². The first kappa shape index (κ1) is 34.4. The average Bonchev–Trinajstić information content (AvgIpc) is 3.96. The molecule has 1 atom stereocenters. The predicted molar refractivity (Wildman–Crippen MR) is 211 cm³/mol. The SMILES string of the molecule is CCCCCCOc1ccc(C2CC(c3ccc(-c4ccc(/C=C(\C#N)C(=O)O)s4)s3)=NN2c2ccc(-c3nc4ccc(C)cc4s3)cc2)cc1. The van der Waals surface area contributed by atoms with Gasteiger partial charge in [-0.25, -0.2) is 9.78 Å². The first-order valence-corrected chi connectivity index (χ1v) is 19.5. The summed E-state index contributed by atoms with van der Waals surface area (Å²) in [5, 5.41) is 26.8. The lowest BCUT2D eigenvalue weighted by atomic mass is 10.0. The van der Waals surface area contributed by atoms with E-state index in [1.54, 1.807) is 28.7 Å². The minimum Gasteiger partial charge on any atom is -0.494 e. The number of thiazole rings is 1. The quantitative estimate of drug-likeness (QED) is 0.0722. The maximum Gasteiger partial charge on any atom is 0.346 e. The smallest absolute Gasteiger partial charge is 0.346 e. The summed E-state index contributed by atoms with van der Waals surface area (Å²) in [7, 11) is 0. The van der Waals surface area contributed by atoms with Gasteiger partial charge >= 0.3 is 5.97 Å². The number of nitrogens with zero attached hydrogens (tertiary/aromatic N) is 4. The maximum atomic E-state index is 11.3. The standard InChI is InChI=1S/C41H36N4O3S3/c1-3-4-5-6-21-48-31-14-10-27(11-15-31)35-24-34(36-19-20-38(50-36)37-18-16-32(49-37)23-29(25-42)41(46)47)44-45(35)30-12-8-28(9-13-30)40-43-33-17-7-26(2)22-39(33)51-40/h7-20,22-23,35H,3-6,21,24H2,1-2H3,(H,46,47)/b29-23+. The van der Waals surface area contributed by atoms with Crippen molar-refractivity contribution in [3.63, 3.8) is 0 Å². The number of carboxylic acids is 1. The Morgan fingerprint density at radius 3 is 2.47 bits per heavy atom. The number of nitriles is 1. The number of fused-ring (bicyclic) bond motifs is 1. The van der Waals surface area contributed by atoms with E-state index < -0.39 is 5.97 Å². The summed E-state index contributed by atoms with van der Waals surface area (Å²) in [4.78, 5) is 20.1. The number of hydrogen-bond acceptors (Lipinski definition) is 9. The summed E-state index contributed by atoms with van der Waals surface area (Å²) in [6.07, 6.45) is 6.84. The number of unbranched alkanes of at least 4 members (excludes halogenated alkanes) is 3. The summed E-state index contributed by atoms with van der Waals surface area (Å²) in [5.41, 5.74) is 6.22. The van der Waals surface area contributed by atoms with Gasteiger partial charge in [-0.15, -0.1) is 34.0 Å². The number of hydrogen-bond donors (Lipinski definition) is 1. The predicted octanol–water partition coefficient (Wildman–Crippen LogP) is 11.4. The molecule has 0 bridgehead atoms. The zero-order valence-electron chi connectivity index (χ0n) is 28.3. The number of anilines is 1. The lowest BCUT2D eigenvalue weighted by Crippen LogP contribution is -2.18. The second kappa shape index (κ2) is 15.4.